The predicted octanol–water partition coefficient (Wildman–Crippen LogP) is 4.40. The van der Waals surface area contributed by atoms with E-state index in [-0.39, 0.29) is 6.04 Å². The number of halogens is 4. The first-order chi connectivity index (χ1) is 8.88. The average molecular weight is 339 g/mol. The van der Waals surface area contributed by atoms with Crippen LogP contribution in [0.5, 0.6) is 0 Å². The lowest BCUT2D eigenvalue weighted by Crippen LogP contribution is -2.28. The number of hydrogen-bond acceptors (Lipinski definition) is 2. The van der Waals surface area contributed by atoms with Gasteiger partial charge in [-0.3, -0.25) is 0 Å². The van der Waals surface area contributed by atoms with Crippen LogP contribution in [0.15, 0.2) is 22.7 Å². The molecule has 0 amide bonds. The van der Waals surface area contributed by atoms with Gasteiger partial charge in [0.2, 0.25) is 0 Å². The van der Waals surface area contributed by atoms with Crippen molar-refractivity contribution in [2.75, 3.05) is 11.9 Å². The summed E-state index contributed by atoms with van der Waals surface area (Å²) in [6, 6.07) is 3.66. The molecular weight excluding hydrogens is 321 g/mol. The van der Waals surface area contributed by atoms with Crippen molar-refractivity contribution in [2.45, 2.75) is 38.4 Å². The van der Waals surface area contributed by atoms with Gasteiger partial charge < -0.3 is 11.1 Å². The molecule has 0 radical (unpaired) electrons. The topological polar surface area (TPSA) is 38.0 Å². The minimum atomic E-state index is -4.32. The molecule has 0 aromatic heterocycles. The van der Waals surface area contributed by atoms with Gasteiger partial charge >= 0.3 is 6.18 Å². The van der Waals surface area contributed by atoms with Crippen molar-refractivity contribution in [3.05, 3.63) is 28.2 Å². The molecule has 0 aliphatic heterocycles. The maximum absolute atomic E-state index is 12.5. The summed E-state index contributed by atoms with van der Waals surface area (Å²) in [5, 5.41) is 3.17. The van der Waals surface area contributed by atoms with Crippen molar-refractivity contribution < 1.29 is 13.2 Å². The molecule has 0 spiro atoms. The van der Waals surface area contributed by atoms with E-state index in [0.717, 1.165) is 31.4 Å². The van der Waals surface area contributed by atoms with E-state index in [1.807, 2.05) is 0 Å². The van der Waals surface area contributed by atoms with Crippen LogP contribution in [-0.2, 0) is 6.18 Å². The van der Waals surface area contributed by atoms with Crippen LogP contribution in [0.4, 0.5) is 18.9 Å². The molecule has 0 saturated carbocycles. The Morgan fingerprint density at radius 3 is 2.53 bits per heavy atom. The summed E-state index contributed by atoms with van der Waals surface area (Å²) in [6.07, 6.45) is -1.32. The van der Waals surface area contributed by atoms with E-state index in [9.17, 15) is 13.2 Å². The number of rotatable bonds is 6. The second kappa shape index (κ2) is 7.14. The van der Waals surface area contributed by atoms with Gasteiger partial charge in [0.25, 0.3) is 0 Å². The molecule has 3 N–H and O–H groups in total. The highest BCUT2D eigenvalue weighted by atomic mass is 79.9. The Morgan fingerprint density at radius 1 is 1.37 bits per heavy atom. The molecule has 1 unspecified atom stereocenters. The molecule has 0 saturated heterocycles. The maximum atomic E-state index is 12.5. The van der Waals surface area contributed by atoms with Crippen molar-refractivity contribution in [2.24, 2.45) is 5.73 Å². The van der Waals surface area contributed by atoms with E-state index in [4.69, 9.17) is 5.73 Å². The summed E-state index contributed by atoms with van der Waals surface area (Å²) in [4.78, 5) is 0. The van der Waals surface area contributed by atoms with Crippen molar-refractivity contribution in [1.29, 1.82) is 0 Å². The number of anilines is 1. The Balaban J connectivity index is 2.79. The zero-order valence-electron chi connectivity index (χ0n) is 10.7. The van der Waals surface area contributed by atoms with Gasteiger partial charge in [-0.05, 0) is 40.5 Å². The highest BCUT2D eigenvalue weighted by molar-refractivity contribution is 9.10. The summed E-state index contributed by atoms with van der Waals surface area (Å²) in [6.45, 7) is 2.54. The van der Waals surface area contributed by atoms with Crippen LogP contribution in [0.2, 0.25) is 0 Å². The summed E-state index contributed by atoms with van der Waals surface area (Å²) < 4.78 is 38.0. The van der Waals surface area contributed by atoms with E-state index >= 15 is 0 Å². The van der Waals surface area contributed by atoms with Crippen LogP contribution in [0.3, 0.4) is 0 Å². The molecule has 1 aromatic rings. The smallest absolute Gasteiger partial charge is 0.380 e. The first kappa shape index (κ1) is 16.3. The van der Waals surface area contributed by atoms with Gasteiger partial charge in [-0.25, -0.2) is 0 Å². The zero-order valence-corrected chi connectivity index (χ0v) is 12.3. The van der Waals surface area contributed by atoms with Crippen LogP contribution >= 0.6 is 15.9 Å². The molecule has 19 heavy (non-hydrogen) atoms. The van der Waals surface area contributed by atoms with Gasteiger partial charge in [0.05, 0.1) is 5.56 Å². The monoisotopic (exact) mass is 338 g/mol. The highest BCUT2D eigenvalue weighted by Crippen LogP contribution is 2.34. The van der Waals surface area contributed by atoms with E-state index in [1.54, 1.807) is 0 Å². The van der Waals surface area contributed by atoms with Gasteiger partial charge in [-0.15, -0.1) is 0 Å². The number of nitrogens with one attached hydrogen (secondary N) is 1. The van der Waals surface area contributed by atoms with Crippen molar-refractivity contribution >= 4 is 21.6 Å². The molecule has 1 rings (SSSR count). The lowest BCUT2D eigenvalue weighted by atomic mass is 10.1. The summed E-state index contributed by atoms with van der Waals surface area (Å²) in [5.74, 6) is 0. The van der Waals surface area contributed by atoms with Gasteiger partial charge in [0.15, 0.2) is 0 Å². The fourth-order valence-electron chi connectivity index (χ4n) is 1.73. The Morgan fingerprint density at radius 2 is 2.05 bits per heavy atom. The van der Waals surface area contributed by atoms with Crippen molar-refractivity contribution in [3.63, 3.8) is 0 Å². The normalized spacial score (nSPS) is 13.4. The Bertz CT molecular complexity index is 407. The lowest BCUT2D eigenvalue weighted by Gasteiger charge is -2.19. The predicted molar refractivity (Wildman–Crippen MR) is 75.1 cm³/mol. The van der Waals surface area contributed by atoms with Crippen LogP contribution < -0.4 is 11.1 Å². The Hall–Kier alpha value is -0.750. The maximum Gasteiger partial charge on any atom is 0.416 e. The van der Waals surface area contributed by atoms with Crippen LogP contribution in [0.25, 0.3) is 0 Å². The number of unbranched alkanes of at least 4 members (excludes halogenated alkanes) is 1. The molecule has 0 heterocycles. The Labute approximate surface area is 119 Å². The quantitative estimate of drug-likeness (QED) is 0.806. The van der Waals surface area contributed by atoms with E-state index in [0.29, 0.717) is 16.7 Å². The van der Waals surface area contributed by atoms with E-state index in [2.05, 4.69) is 28.2 Å². The largest absolute Gasteiger partial charge is 0.416 e. The van der Waals surface area contributed by atoms with Crippen molar-refractivity contribution in [1.82, 2.24) is 0 Å². The molecule has 1 atom stereocenters. The third-order valence-corrected chi connectivity index (χ3v) is 3.50. The third kappa shape index (κ3) is 5.03. The molecular formula is C13H18BrF3N2. The van der Waals surface area contributed by atoms with Crippen LogP contribution in [-0.4, -0.2) is 12.6 Å². The number of benzene rings is 1. The van der Waals surface area contributed by atoms with E-state index in [1.165, 1.54) is 6.07 Å². The molecule has 2 nitrogen and oxygen atoms in total. The van der Waals surface area contributed by atoms with Crippen molar-refractivity contribution in [3.8, 4) is 0 Å². The summed E-state index contributed by atoms with van der Waals surface area (Å²) >= 11 is 3.16. The van der Waals surface area contributed by atoms with Crippen LogP contribution in [0.1, 0.15) is 31.7 Å². The van der Waals surface area contributed by atoms with Crippen LogP contribution in [0, 0.1) is 0 Å². The van der Waals surface area contributed by atoms with Gasteiger partial charge in [0, 0.05) is 22.7 Å². The molecule has 0 aliphatic carbocycles. The third-order valence-electron chi connectivity index (χ3n) is 2.85. The summed E-state index contributed by atoms with van der Waals surface area (Å²) in [7, 11) is 0. The molecule has 0 bridgehead atoms. The van der Waals surface area contributed by atoms with Gasteiger partial charge in [-0.2, -0.15) is 13.2 Å². The standard InChI is InChI=1S/C13H18BrF3N2/c1-2-3-4-10(8-18)19-12-6-5-9(7-11(12)14)13(15,16)17/h5-7,10,19H,2-4,8,18H2,1H3. The second-order valence-electron chi connectivity index (χ2n) is 4.41. The molecule has 1 aromatic carbocycles. The minimum Gasteiger partial charge on any atom is -0.380 e. The average Bonchev–Trinajstić information content (AvgIpc) is 2.35. The highest BCUT2D eigenvalue weighted by Gasteiger charge is 2.30. The first-order valence-electron chi connectivity index (χ1n) is 6.21. The fourth-order valence-corrected chi connectivity index (χ4v) is 2.22. The molecule has 108 valence electrons. The lowest BCUT2D eigenvalue weighted by molar-refractivity contribution is -0.137. The first-order valence-corrected chi connectivity index (χ1v) is 7.01. The molecule has 0 aliphatic rings. The van der Waals surface area contributed by atoms with Gasteiger partial charge in [0.1, 0.15) is 0 Å². The molecule has 6 heteroatoms. The zero-order chi connectivity index (χ0) is 14.5. The molecule has 0 fully saturated rings. The Kier molecular flexibility index (Phi) is 6.13. The summed E-state index contributed by atoms with van der Waals surface area (Å²) in [5.41, 5.74) is 5.63. The second-order valence-corrected chi connectivity index (χ2v) is 5.27. The fraction of sp³-hybridized carbons (Fsp3) is 0.538. The minimum absolute atomic E-state index is 0.0768. The number of hydrogen-bond donors (Lipinski definition) is 2. The number of alkyl halides is 3. The SMILES string of the molecule is CCCCC(CN)Nc1ccc(C(F)(F)F)cc1Br. The van der Waals surface area contributed by atoms with E-state index < -0.39 is 11.7 Å². The van der Waals surface area contributed by atoms with Gasteiger partial charge in [-0.1, -0.05) is 19.8 Å². The number of nitrogens with two attached hydrogens (primary N) is 1.